The first-order valence-corrected chi connectivity index (χ1v) is 7.80. The molecule has 1 aromatic carbocycles. The van der Waals surface area contributed by atoms with Crippen LogP contribution < -0.4 is 5.73 Å². The Morgan fingerprint density at radius 1 is 1.43 bits per heavy atom. The highest BCUT2D eigenvalue weighted by atomic mass is 19.1. The van der Waals surface area contributed by atoms with Crippen LogP contribution in [0.25, 0.3) is 0 Å². The van der Waals surface area contributed by atoms with Crippen LogP contribution in [0.15, 0.2) is 24.3 Å². The number of nitrogens with two attached hydrogens (primary N) is 1. The van der Waals surface area contributed by atoms with Crippen LogP contribution in [0.3, 0.4) is 0 Å². The van der Waals surface area contributed by atoms with Crippen LogP contribution in [0, 0.1) is 11.7 Å². The van der Waals surface area contributed by atoms with Crippen LogP contribution in [0.5, 0.6) is 0 Å². The number of benzene rings is 1. The summed E-state index contributed by atoms with van der Waals surface area (Å²) < 4.78 is 13.0. The summed E-state index contributed by atoms with van der Waals surface area (Å²) in [5.41, 5.74) is 6.41. The molecule has 0 aliphatic carbocycles. The van der Waals surface area contributed by atoms with Gasteiger partial charge in [0.25, 0.3) is 0 Å². The molecule has 116 valence electrons. The van der Waals surface area contributed by atoms with Crippen molar-refractivity contribution in [2.75, 3.05) is 19.6 Å². The van der Waals surface area contributed by atoms with Crippen molar-refractivity contribution in [1.29, 1.82) is 0 Å². The van der Waals surface area contributed by atoms with Gasteiger partial charge in [-0.1, -0.05) is 19.1 Å². The van der Waals surface area contributed by atoms with E-state index in [0.717, 1.165) is 26.1 Å². The molecule has 1 aliphatic heterocycles. The van der Waals surface area contributed by atoms with E-state index in [-0.39, 0.29) is 11.7 Å². The fraction of sp³-hybridized carbons (Fsp3) is 0.588. The Labute approximate surface area is 126 Å². The largest absolute Gasteiger partial charge is 0.370 e. The molecule has 1 fully saturated rings. The lowest BCUT2D eigenvalue weighted by Gasteiger charge is -2.34. The number of hydrogen-bond acceptors (Lipinski definition) is 2. The zero-order valence-electron chi connectivity index (χ0n) is 12.7. The highest BCUT2D eigenvalue weighted by Crippen LogP contribution is 2.24. The van der Waals surface area contributed by atoms with E-state index in [4.69, 9.17) is 5.73 Å². The maximum Gasteiger partial charge on any atom is 0.217 e. The van der Waals surface area contributed by atoms with Crippen molar-refractivity contribution >= 4 is 5.91 Å². The summed E-state index contributed by atoms with van der Waals surface area (Å²) in [7, 11) is 0. The van der Waals surface area contributed by atoms with Crippen molar-refractivity contribution in [1.82, 2.24) is 4.90 Å². The van der Waals surface area contributed by atoms with Crippen LogP contribution >= 0.6 is 0 Å². The Hall–Kier alpha value is -1.42. The molecule has 2 atom stereocenters. The number of primary amides is 1. The lowest BCUT2D eigenvalue weighted by Crippen LogP contribution is -2.38. The molecule has 0 aromatic heterocycles. The third kappa shape index (κ3) is 5.12. The molecule has 0 unspecified atom stereocenters. The van der Waals surface area contributed by atoms with Crippen LogP contribution in [0.1, 0.15) is 44.1 Å². The topological polar surface area (TPSA) is 46.3 Å². The summed E-state index contributed by atoms with van der Waals surface area (Å²) in [6.45, 7) is 5.32. The number of amides is 1. The van der Waals surface area contributed by atoms with E-state index < -0.39 is 0 Å². The molecule has 1 heterocycles. The van der Waals surface area contributed by atoms with Gasteiger partial charge in [0, 0.05) is 19.5 Å². The Balaban J connectivity index is 1.84. The van der Waals surface area contributed by atoms with Crippen molar-refractivity contribution in [2.24, 2.45) is 11.7 Å². The van der Waals surface area contributed by atoms with E-state index in [1.165, 1.54) is 30.5 Å². The number of piperidine rings is 1. The average Bonchev–Trinajstić information content (AvgIpc) is 2.46. The van der Waals surface area contributed by atoms with Gasteiger partial charge in [0.2, 0.25) is 5.91 Å². The van der Waals surface area contributed by atoms with Gasteiger partial charge in [-0.05, 0) is 55.3 Å². The van der Waals surface area contributed by atoms with Gasteiger partial charge in [-0.25, -0.2) is 4.39 Å². The minimum atomic E-state index is -0.202. The number of rotatable bonds is 6. The summed E-state index contributed by atoms with van der Waals surface area (Å²) in [5, 5.41) is 0. The summed E-state index contributed by atoms with van der Waals surface area (Å²) in [6, 6.07) is 6.79. The van der Waals surface area contributed by atoms with Gasteiger partial charge in [0.15, 0.2) is 0 Å². The van der Waals surface area contributed by atoms with Gasteiger partial charge in [-0.2, -0.15) is 0 Å². The fourth-order valence-corrected chi connectivity index (χ4v) is 3.18. The predicted molar refractivity (Wildman–Crippen MR) is 82.4 cm³/mol. The first-order valence-electron chi connectivity index (χ1n) is 7.80. The number of halogens is 1. The number of nitrogens with zero attached hydrogens (tertiary/aromatic N) is 1. The monoisotopic (exact) mass is 292 g/mol. The molecule has 1 aliphatic rings. The van der Waals surface area contributed by atoms with Crippen LogP contribution in [-0.2, 0) is 4.79 Å². The molecule has 0 saturated carbocycles. The van der Waals surface area contributed by atoms with Gasteiger partial charge in [-0.15, -0.1) is 0 Å². The lowest BCUT2D eigenvalue weighted by atomic mass is 9.92. The van der Waals surface area contributed by atoms with E-state index in [9.17, 15) is 9.18 Å². The molecule has 2 N–H and O–H groups in total. The SMILES string of the molecule is C[C@H](CN1CCC[C@@H](CCC(N)=O)C1)c1ccc(F)cc1. The zero-order chi connectivity index (χ0) is 15.2. The Kier molecular flexibility index (Phi) is 5.74. The first kappa shape index (κ1) is 16.0. The summed E-state index contributed by atoms with van der Waals surface area (Å²) in [4.78, 5) is 13.4. The van der Waals surface area contributed by atoms with E-state index in [0.29, 0.717) is 18.3 Å². The van der Waals surface area contributed by atoms with E-state index in [2.05, 4.69) is 11.8 Å². The molecule has 4 heteroatoms. The highest BCUT2D eigenvalue weighted by molar-refractivity contribution is 5.73. The van der Waals surface area contributed by atoms with Gasteiger partial charge in [0.1, 0.15) is 5.82 Å². The Bertz CT molecular complexity index is 460. The second-order valence-electron chi connectivity index (χ2n) is 6.23. The van der Waals surface area contributed by atoms with Crippen molar-refractivity contribution in [2.45, 2.75) is 38.5 Å². The maximum atomic E-state index is 13.0. The van der Waals surface area contributed by atoms with Crippen molar-refractivity contribution in [3.05, 3.63) is 35.6 Å². The highest BCUT2D eigenvalue weighted by Gasteiger charge is 2.21. The molecule has 2 rings (SSSR count). The van der Waals surface area contributed by atoms with Crippen molar-refractivity contribution in [3.63, 3.8) is 0 Å². The lowest BCUT2D eigenvalue weighted by molar-refractivity contribution is -0.118. The molecule has 1 amide bonds. The Morgan fingerprint density at radius 2 is 2.14 bits per heavy atom. The Morgan fingerprint density at radius 3 is 2.81 bits per heavy atom. The van der Waals surface area contributed by atoms with Gasteiger partial charge < -0.3 is 10.6 Å². The number of likely N-dealkylation sites (tertiary alicyclic amines) is 1. The van der Waals surface area contributed by atoms with E-state index in [1.54, 1.807) is 0 Å². The fourth-order valence-electron chi connectivity index (χ4n) is 3.18. The second-order valence-corrected chi connectivity index (χ2v) is 6.23. The minimum absolute atomic E-state index is 0.185. The van der Waals surface area contributed by atoms with Crippen molar-refractivity contribution in [3.8, 4) is 0 Å². The van der Waals surface area contributed by atoms with Gasteiger partial charge in [0.05, 0.1) is 0 Å². The summed E-state index contributed by atoms with van der Waals surface area (Å²) >= 11 is 0. The van der Waals surface area contributed by atoms with Crippen LogP contribution in [0.2, 0.25) is 0 Å². The smallest absolute Gasteiger partial charge is 0.217 e. The van der Waals surface area contributed by atoms with Crippen LogP contribution in [-0.4, -0.2) is 30.4 Å². The predicted octanol–water partition coefficient (Wildman–Crippen LogP) is 2.91. The molecule has 0 radical (unpaired) electrons. The third-order valence-corrected chi connectivity index (χ3v) is 4.37. The average molecular weight is 292 g/mol. The third-order valence-electron chi connectivity index (χ3n) is 4.37. The quantitative estimate of drug-likeness (QED) is 0.876. The van der Waals surface area contributed by atoms with E-state index in [1.807, 2.05) is 12.1 Å². The number of hydrogen-bond donors (Lipinski definition) is 1. The zero-order valence-corrected chi connectivity index (χ0v) is 12.7. The minimum Gasteiger partial charge on any atom is -0.370 e. The molecule has 1 aromatic rings. The molecule has 21 heavy (non-hydrogen) atoms. The van der Waals surface area contributed by atoms with Gasteiger partial charge >= 0.3 is 0 Å². The molecule has 3 nitrogen and oxygen atoms in total. The molecule has 0 spiro atoms. The summed E-state index contributed by atoms with van der Waals surface area (Å²) in [6.07, 6.45) is 3.76. The van der Waals surface area contributed by atoms with E-state index >= 15 is 0 Å². The normalized spacial score (nSPS) is 21.1. The standard InChI is InChI=1S/C17H25FN2O/c1-13(15-5-7-16(18)8-6-15)11-20-10-2-3-14(12-20)4-9-17(19)21/h5-8,13-14H,2-4,9-12H2,1H3,(H2,19,21)/t13-,14+/m1/s1. The molecular weight excluding hydrogens is 267 g/mol. The van der Waals surface area contributed by atoms with Crippen LogP contribution in [0.4, 0.5) is 4.39 Å². The second kappa shape index (κ2) is 7.55. The molecule has 1 saturated heterocycles. The molecule has 0 bridgehead atoms. The maximum absolute atomic E-state index is 13.0. The number of carbonyl (C=O) groups is 1. The first-order chi connectivity index (χ1) is 10.0. The van der Waals surface area contributed by atoms with Crippen molar-refractivity contribution < 1.29 is 9.18 Å². The van der Waals surface area contributed by atoms with Gasteiger partial charge in [-0.3, -0.25) is 4.79 Å². The molecular formula is C17H25FN2O. The summed E-state index contributed by atoms with van der Waals surface area (Å²) in [5.74, 6) is 0.578. The number of carbonyl (C=O) groups excluding carboxylic acids is 1.